The average Bonchev–Trinajstić information content (AvgIpc) is 2.72. The Morgan fingerprint density at radius 3 is 3.00 bits per heavy atom. The molecular formula is C13H20N4O. The monoisotopic (exact) mass is 248 g/mol. The second kappa shape index (κ2) is 4.94. The molecule has 1 saturated heterocycles. The zero-order valence-electron chi connectivity index (χ0n) is 11.1. The van der Waals surface area contributed by atoms with Crippen molar-refractivity contribution < 1.29 is 4.79 Å². The number of urea groups is 1. The van der Waals surface area contributed by atoms with E-state index in [4.69, 9.17) is 0 Å². The van der Waals surface area contributed by atoms with Gasteiger partial charge < -0.3 is 15.5 Å². The van der Waals surface area contributed by atoms with Gasteiger partial charge in [-0.05, 0) is 32.5 Å². The number of pyridine rings is 1. The third-order valence-corrected chi connectivity index (χ3v) is 3.34. The maximum Gasteiger partial charge on any atom is 0.318 e. The number of nitrogens with zero attached hydrogens (tertiary/aromatic N) is 2. The first kappa shape index (κ1) is 12.8. The molecule has 0 aromatic carbocycles. The van der Waals surface area contributed by atoms with Gasteiger partial charge in [-0.3, -0.25) is 4.98 Å². The second-order valence-electron chi connectivity index (χ2n) is 5.30. The summed E-state index contributed by atoms with van der Waals surface area (Å²) in [6, 6.07) is 3.91. The molecule has 0 bridgehead atoms. The highest BCUT2D eigenvalue weighted by Crippen LogP contribution is 2.20. The molecule has 1 unspecified atom stereocenters. The van der Waals surface area contributed by atoms with E-state index < -0.39 is 0 Å². The summed E-state index contributed by atoms with van der Waals surface area (Å²) in [5.41, 5.74) is 0.969. The van der Waals surface area contributed by atoms with E-state index in [2.05, 4.69) is 29.5 Å². The van der Waals surface area contributed by atoms with Crippen molar-refractivity contribution in [3.05, 3.63) is 30.1 Å². The molecule has 2 heterocycles. The number of hydrogen-bond acceptors (Lipinski definition) is 3. The molecule has 98 valence electrons. The van der Waals surface area contributed by atoms with E-state index in [0.717, 1.165) is 5.56 Å². The van der Waals surface area contributed by atoms with Gasteiger partial charge in [0.05, 0.1) is 6.04 Å². The van der Waals surface area contributed by atoms with E-state index in [0.29, 0.717) is 13.1 Å². The topological polar surface area (TPSA) is 57.3 Å². The third-order valence-electron chi connectivity index (χ3n) is 3.34. The Hall–Kier alpha value is -1.62. The van der Waals surface area contributed by atoms with Crippen LogP contribution in [0.25, 0.3) is 0 Å². The van der Waals surface area contributed by atoms with Crippen molar-refractivity contribution in [2.75, 3.05) is 20.1 Å². The van der Waals surface area contributed by atoms with Crippen molar-refractivity contribution in [3.63, 3.8) is 0 Å². The number of nitrogens with one attached hydrogen (secondary N) is 2. The molecule has 18 heavy (non-hydrogen) atoms. The molecule has 1 atom stereocenters. The Labute approximate surface area is 108 Å². The molecular weight excluding hydrogens is 228 g/mol. The molecule has 0 radical (unpaired) electrons. The van der Waals surface area contributed by atoms with E-state index in [9.17, 15) is 4.79 Å². The molecule has 2 rings (SSSR count). The number of carbonyl (C=O) groups is 1. The number of carbonyl (C=O) groups excluding carboxylic acids is 1. The maximum absolute atomic E-state index is 11.9. The number of amides is 2. The molecule has 1 aromatic heterocycles. The van der Waals surface area contributed by atoms with Crippen molar-refractivity contribution in [2.45, 2.75) is 25.4 Å². The largest absolute Gasteiger partial charge is 0.329 e. The summed E-state index contributed by atoms with van der Waals surface area (Å²) in [6.45, 7) is 5.54. The smallest absolute Gasteiger partial charge is 0.318 e. The summed E-state index contributed by atoms with van der Waals surface area (Å²) < 4.78 is 0. The van der Waals surface area contributed by atoms with Gasteiger partial charge in [0.1, 0.15) is 0 Å². The summed E-state index contributed by atoms with van der Waals surface area (Å²) >= 11 is 0. The molecule has 5 heteroatoms. The van der Waals surface area contributed by atoms with Crippen molar-refractivity contribution in [1.82, 2.24) is 20.5 Å². The lowest BCUT2D eigenvalue weighted by Gasteiger charge is -2.29. The van der Waals surface area contributed by atoms with Crippen LogP contribution in [0, 0.1) is 0 Å². The molecule has 2 N–H and O–H groups in total. The van der Waals surface area contributed by atoms with Crippen LogP contribution >= 0.6 is 0 Å². The van der Waals surface area contributed by atoms with Crippen LogP contribution in [-0.2, 0) is 0 Å². The second-order valence-corrected chi connectivity index (χ2v) is 5.30. The molecule has 0 spiro atoms. The van der Waals surface area contributed by atoms with E-state index in [1.807, 2.05) is 24.1 Å². The van der Waals surface area contributed by atoms with Crippen LogP contribution in [0.2, 0.25) is 0 Å². The summed E-state index contributed by atoms with van der Waals surface area (Å²) in [4.78, 5) is 17.8. The molecule has 1 aliphatic rings. The first-order valence-electron chi connectivity index (χ1n) is 6.16. The van der Waals surface area contributed by atoms with Crippen molar-refractivity contribution in [3.8, 4) is 0 Å². The van der Waals surface area contributed by atoms with Gasteiger partial charge >= 0.3 is 6.03 Å². The van der Waals surface area contributed by atoms with Crippen LogP contribution in [0.15, 0.2) is 24.5 Å². The summed E-state index contributed by atoms with van der Waals surface area (Å²) in [6.07, 6.45) is 3.54. The Morgan fingerprint density at radius 2 is 2.39 bits per heavy atom. The number of likely N-dealkylation sites (N-methyl/N-ethyl adjacent to an activating group) is 1. The predicted molar refractivity (Wildman–Crippen MR) is 70.2 cm³/mol. The number of aromatic nitrogens is 1. The number of hydrogen-bond donors (Lipinski definition) is 2. The molecule has 1 aliphatic heterocycles. The summed E-state index contributed by atoms with van der Waals surface area (Å²) in [5.74, 6) is 0. The zero-order valence-corrected chi connectivity index (χ0v) is 11.1. The van der Waals surface area contributed by atoms with Gasteiger partial charge in [-0.1, -0.05) is 6.07 Å². The Balaban J connectivity index is 2.04. The first-order valence-corrected chi connectivity index (χ1v) is 6.16. The van der Waals surface area contributed by atoms with Gasteiger partial charge in [0.25, 0.3) is 0 Å². The zero-order chi connectivity index (χ0) is 13.2. The molecule has 0 saturated carbocycles. The lowest BCUT2D eigenvalue weighted by atomic mass is 10.1. The molecule has 1 aromatic rings. The molecule has 2 amide bonds. The fourth-order valence-corrected chi connectivity index (χ4v) is 2.05. The van der Waals surface area contributed by atoms with Gasteiger partial charge in [-0.15, -0.1) is 0 Å². The van der Waals surface area contributed by atoms with E-state index >= 15 is 0 Å². The molecule has 5 nitrogen and oxygen atoms in total. The van der Waals surface area contributed by atoms with Gasteiger partial charge in [-0.2, -0.15) is 0 Å². The van der Waals surface area contributed by atoms with E-state index in [1.54, 1.807) is 12.4 Å². The third kappa shape index (κ3) is 2.79. The Bertz CT molecular complexity index is 418. The minimum Gasteiger partial charge on any atom is -0.329 e. The predicted octanol–water partition coefficient (Wildman–Crippen LogP) is 1.15. The quantitative estimate of drug-likeness (QED) is 0.840. The van der Waals surface area contributed by atoms with Crippen molar-refractivity contribution in [1.29, 1.82) is 0 Å². The van der Waals surface area contributed by atoms with Crippen LogP contribution in [0.1, 0.15) is 25.5 Å². The lowest BCUT2D eigenvalue weighted by molar-refractivity contribution is 0.201. The standard InChI is InChI=1S/C13H20N4O/c1-13(2,14-3)9-17-8-11(16-12(17)18)10-5-4-6-15-7-10/h4-7,11,14H,8-9H2,1-3H3,(H,16,18). The van der Waals surface area contributed by atoms with Crippen LogP contribution in [0.4, 0.5) is 4.79 Å². The molecule has 1 fully saturated rings. The molecule has 0 aliphatic carbocycles. The SMILES string of the molecule is CNC(C)(C)CN1CC(c2cccnc2)NC1=O. The van der Waals surface area contributed by atoms with Crippen molar-refractivity contribution >= 4 is 6.03 Å². The lowest BCUT2D eigenvalue weighted by Crippen LogP contribution is -2.48. The fraction of sp³-hybridized carbons (Fsp3) is 0.538. The fourth-order valence-electron chi connectivity index (χ4n) is 2.05. The average molecular weight is 248 g/mol. The van der Waals surface area contributed by atoms with Crippen LogP contribution < -0.4 is 10.6 Å². The highest BCUT2D eigenvalue weighted by Gasteiger charge is 2.32. The summed E-state index contributed by atoms with van der Waals surface area (Å²) in [5, 5.41) is 6.20. The van der Waals surface area contributed by atoms with Gasteiger partial charge in [0.2, 0.25) is 0 Å². The van der Waals surface area contributed by atoms with E-state index in [-0.39, 0.29) is 17.6 Å². The Kier molecular flexibility index (Phi) is 3.52. The van der Waals surface area contributed by atoms with E-state index in [1.165, 1.54) is 0 Å². The van der Waals surface area contributed by atoms with Gasteiger partial charge in [-0.25, -0.2) is 4.79 Å². The van der Waals surface area contributed by atoms with Crippen LogP contribution in [-0.4, -0.2) is 41.6 Å². The number of rotatable bonds is 4. The normalized spacial score (nSPS) is 20.1. The highest BCUT2D eigenvalue weighted by atomic mass is 16.2. The minimum absolute atomic E-state index is 0.00724. The highest BCUT2D eigenvalue weighted by molar-refractivity contribution is 5.77. The summed E-state index contributed by atoms with van der Waals surface area (Å²) in [7, 11) is 1.91. The minimum atomic E-state index is -0.0822. The van der Waals surface area contributed by atoms with Crippen LogP contribution in [0.5, 0.6) is 0 Å². The van der Waals surface area contributed by atoms with Crippen molar-refractivity contribution in [2.24, 2.45) is 0 Å². The Morgan fingerprint density at radius 1 is 1.61 bits per heavy atom. The first-order chi connectivity index (χ1) is 8.52. The van der Waals surface area contributed by atoms with Crippen LogP contribution in [0.3, 0.4) is 0 Å². The van der Waals surface area contributed by atoms with Gasteiger partial charge in [0.15, 0.2) is 0 Å². The van der Waals surface area contributed by atoms with Gasteiger partial charge in [0, 0.05) is 31.0 Å². The maximum atomic E-state index is 11.9.